The van der Waals surface area contributed by atoms with Crippen LogP contribution in [0.4, 0.5) is 0 Å². The van der Waals surface area contributed by atoms with Gasteiger partial charge in [-0.3, -0.25) is 4.79 Å². The van der Waals surface area contributed by atoms with Crippen LogP contribution in [0.25, 0.3) is 0 Å². The maximum atomic E-state index is 11.1. The number of carbonyl (C=O) groups excluding carboxylic acids is 1. The second-order valence-corrected chi connectivity index (χ2v) is 3.46. The standard InChI is InChI=1S/C8H16N2O2/c1-5(9)8(12)10-6-2-3-7(11)4-6/h5-7,11H,2-4,9H2,1H3,(H,10,12)/t5-,6+,7-/m1/s1. The molecular formula is C8H16N2O2. The number of carbonyl (C=O) groups is 1. The van der Waals surface area contributed by atoms with E-state index in [9.17, 15) is 4.79 Å². The van der Waals surface area contributed by atoms with Crippen LogP contribution in [0.1, 0.15) is 26.2 Å². The van der Waals surface area contributed by atoms with E-state index in [2.05, 4.69) is 5.32 Å². The Morgan fingerprint density at radius 3 is 2.75 bits per heavy atom. The molecule has 0 aromatic rings. The van der Waals surface area contributed by atoms with Crippen molar-refractivity contribution < 1.29 is 9.90 Å². The number of hydrogen-bond acceptors (Lipinski definition) is 3. The van der Waals surface area contributed by atoms with Gasteiger partial charge in [-0.15, -0.1) is 0 Å². The summed E-state index contributed by atoms with van der Waals surface area (Å²) in [7, 11) is 0. The molecule has 70 valence electrons. The molecule has 0 unspecified atom stereocenters. The molecule has 0 aromatic carbocycles. The van der Waals surface area contributed by atoms with Gasteiger partial charge in [-0.2, -0.15) is 0 Å². The van der Waals surface area contributed by atoms with Crippen molar-refractivity contribution in [3.63, 3.8) is 0 Å². The summed E-state index contributed by atoms with van der Waals surface area (Å²) in [5, 5.41) is 12.0. The monoisotopic (exact) mass is 172 g/mol. The summed E-state index contributed by atoms with van der Waals surface area (Å²) in [6.07, 6.45) is 2.06. The van der Waals surface area contributed by atoms with Crippen LogP contribution in [0.3, 0.4) is 0 Å². The number of aliphatic hydroxyl groups is 1. The Morgan fingerprint density at radius 2 is 2.33 bits per heavy atom. The van der Waals surface area contributed by atoms with Gasteiger partial charge >= 0.3 is 0 Å². The number of amides is 1. The molecule has 1 rings (SSSR count). The van der Waals surface area contributed by atoms with E-state index in [1.165, 1.54) is 0 Å². The second kappa shape index (κ2) is 3.87. The predicted octanol–water partition coefficient (Wildman–Crippen LogP) is -0.637. The highest BCUT2D eigenvalue weighted by Gasteiger charge is 2.24. The molecule has 3 atom stereocenters. The van der Waals surface area contributed by atoms with Crippen LogP contribution in [0, 0.1) is 0 Å². The van der Waals surface area contributed by atoms with E-state index in [4.69, 9.17) is 10.8 Å². The smallest absolute Gasteiger partial charge is 0.236 e. The molecule has 1 saturated carbocycles. The molecule has 0 saturated heterocycles. The van der Waals surface area contributed by atoms with Gasteiger partial charge in [0.15, 0.2) is 0 Å². The van der Waals surface area contributed by atoms with E-state index in [-0.39, 0.29) is 18.1 Å². The molecule has 1 aliphatic rings. The van der Waals surface area contributed by atoms with Gasteiger partial charge in [-0.05, 0) is 26.2 Å². The van der Waals surface area contributed by atoms with Gasteiger partial charge in [0, 0.05) is 6.04 Å². The van der Waals surface area contributed by atoms with Gasteiger partial charge in [-0.1, -0.05) is 0 Å². The highest BCUT2D eigenvalue weighted by molar-refractivity contribution is 5.81. The normalized spacial score (nSPS) is 31.6. The molecule has 0 bridgehead atoms. The third kappa shape index (κ3) is 2.46. The van der Waals surface area contributed by atoms with Gasteiger partial charge in [0.05, 0.1) is 12.1 Å². The van der Waals surface area contributed by atoms with Crippen molar-refractivity contribution in [3.8, 4) is 0 Å². The summed E-state index contributed by atoms with van der Waals surface area (Å²) in [5.41, 5.74) is 5.37. The van der Waals surface area contributed by atoms with E-state index < -0.39 is 6.04 Å². The van der Waals surface area contributed by atoms with E-state index in [0.29, 0.717) is 6.42 Å². The van der Waals surface area contributed by atoms with Crippen LogP contribution in [0.2, 0.25) is 0 Å². The molecule has 0 heterocycles. The summed E-state index contributed by atoms with van der Waals surface area (Å²) in [4.78, 5) is 11.1. The zero-order valence-electron chi connectivity index (χ0n) is 7.29. The van der Waals surface area contributed by atoms with Crippen LogP contribution in [-0.4, -0.2) is 29.2 Å². The minimum absolute atomic E-state index is 0.124. The quantitative estimate of drug-likeness (QED) is 0.519. The minimum atomic E-state index is -0.456. The number of rotatable bonds is 2. The van der Waals surface area contributed by atoms with Gasteiger partial charge in [0.2, 0.25) is 5.91 Å². The molecule has 4 heteroatoms. The molecule has 0 spiro atoms. The van der Waals surface area contributed by atoms with Crippen LogP contribution >= 0.6 is 0 Å². The lowest BCUT2D eigenvalue weighted by molar-refractivity contribution is -0.122. The summed E-state index contributed by atoms with van der Waals surface area (Å²) in [6.45, 7) is 1.65. The predicted molar refractivity (Wildman–Crippen MR) is 45.4 cm³/mol. The highest BCUT2D eigenvalue weighted by Crippen LogP contribution is 2.18. The van der Waals surface area contributed by atoms with Crippen molar-refractivity contribution in [2.75, 3.05) is 0 Å². The molecule has 0 radical (unpaired) electrons. The largest absolute Gasteiger partial charge is 0.393 e. The summed E-state index contributed by atoms with van der Waals surface area (Å²) < 4.78 is 0. The van der Waals surface area contributed by atoms with E-state index in [1.807, 2.05) is 0 Å². The molecule has 1 amide bonds. The zero-order chi connectivity index (χ0) is 9.14. The maximum Gasteiger partial charge on any atom is 0.236 e. The van der Waals surface area contributed by atoms with Crippen molar-refractivity contribution in [2.45, 2.75) is 44.4 Å². The SMILES string of the molecule is C[C@@H](N)C(=O)N[C@H]1CC[C@@H](O)C1. The molecule has 1 fully saturated rings. The first kappa shape index (κ1) is 9.48. The third-order valence-electron chi connectivity index (χ3n) is 2.16. The average Bonchev–Trinajstić information content (AvgIpc) is 2.35. The molecule has 0 aliphatic heterocycles. The third-order valence-corrected chi connectivity index (χ3v) is 2.16. The van der Waals surface area contributed by atoms with Crippen LogP contribution in [0.15, 0.2) is 0 Å². The van der Waals surface area contributed by atoms with Crippen molar-refractivity contribution in [2.24, 2.45) is 5.73 Å². The topological polar surface area (TPSA) is 75.4 Å². The number of nitrogens with one attached hydrogen (secondary N) is 1. The van der Waals surface area contributed by atoms with E-state index in [1.54, 1.807) is 6.92 Å². The molecular weight excluding hydrogens is 156 g/mol. The number of hydrogen-bond donors (Lipinski definition) is 3. The van der Waals surface area contributed by atoms with E-state index in [0.717, 1.165) is 12.8 Å². The van der Waals surface area contributed by atoms with Crippen LogP contribution < -0.4 is 11.1 Å². The van der Waals surface area contributed by atoms with Gasteiger partial charge in [0.1, 0.15) is 0 Å². The lowest BCUT2D eigenvalue weighted by Gasteiger charge is -2.13. The van der Waals surface area contributed by atoms with Crippen LogP contribution in [-0.2, 0) is 4.79 Å². The van der Waals surface area contributed by atoms with Gasteiger partial charge in [0.25, 0.3) is 0 Å². The molecule has 0 aromatic heterocycles. The van der Waals surface area contributed by atoms with E-state index >= 15 is 0 Å². The zero-order valence-corrected chi connectivity index (χ0v) is 7.29. The Kier molecular flexibility index (Phi) is 3.05. The van der Waals surface area contributed by atoms with Crippen molar-refractivity contribution in [3.05, 3.63) is 0 Å². The first-order chi connectivity index (χ1) is 5.59. The fraction of sp³-hybridized carbons (Fsp3) is 0.875. The molecule has 12 heavy (non-hydrogen) atoms. The fourth-order valence-electron chi connectivity index (χ4n) is 1.42. The Labute approximate surface area is 72.1 Å². The average molecular weight is 172 g/mol. The molecule has 4 nitrogen and oxygen atoms in total. The summed E-state index contributed by atoms with van der Waals surface area (Å²) in [6, 6.07) is -0.332. The van der Waals surface area contributed by atoms with Gasteiger partial charge < -0.3 is 16.2 Å². The van der Waals surface area contributed by atoms with Crippen LogP contribution in [0.5, 0.6) is 0 Å². The minimum Gasteiger partial charge on any atom is -0.393 e. The summed E-state index contributed by atoms with van der Waals surface area (Å²) >= 11 is 0. The van der Waals surface area contributed by atoms with Crippen molar-refractivity contribution >= 4 is 5.91 Å². The Bertz CT molecular complexity index is 170. The Morgan fingerprint density at radius 1 is 1.67 bits per heavy atom. The van der Waals surface area contributed by atoms with Crippen molar-refractivity contribution in [1.82, 2.24) is 5.32 Å². The number of nitrogens with two attached hydrogens (primary N) is 1. The molecule has 4 N–H and O–H groups in total. The number of aliphatic hydroxyl groups excluding tert-OH is 1. The lowest BCUT2D eigenvalue weighted by atomic mass is 10.2. The first-order valence-corrected chi connectivity index (χ1v) is 4.33. The lowest BCUT2D eigenvalue weighted by Crippen LogP contribution is -2.43. The summed E-state index contributed by atoms with van der Waals surface area (Å²) in [5.74, 6) is -0.130. The second-order valence-electron chi connectivity index (χ2n) is 3.46. The highest BCUT2D eigenvalue weighted by atomic mass is 16.3. The molecule has 1 aliphatic carbocycles. The first-order valence-electron chi connectivity index (χ1n) is 4.33. The maximum absolute atomic E-state index is 11.1. The Balaban J connectivity index is 2.28. The van der Waals surface area contributed by atoms with Gasteiger partial charge in [-0.25, -0.2) is 0 Å². The fourth-order valence-corrected chi connectivity index (χ4v) is 1.42. The Hall–Kier alpha value is -0.610. The van der Waals surface area contributed by atoms with Crippen molar-refractivity contribution in [1.29, 1.82) is 0 Å².